The van der Waals surface area contributed by atoms with Crippen LogP contribution in [0.3, 0.4) is 0 Å². The molecule has 2 aliphatic rings. The molecule has 2 fully saturated rings. The van der Waals surface area contributed by atoms with E-state index in [0.29, 0.717) is 24.7 Å². The van der Waals surface area contributed by atoms with Crippen LogP contribution in [-0.2, 0) is 44.4 Å². The minimum Gasteiger partial charge on any atom is -0.417 e. The van der Waals surface area contributed by atoms with Crippen molar-refractivity contribution in [1.29, 1.82) is 0 Å². The Labute approximate surface area is 303 Å². The van der Waals surface area contributed by atoms with E-state index in [2.05, 4.69) is 69.2 Å². The molecule has 1 amide bonds. The molecule has 3 rings (SSSR count). The molecule has 1 aromatic heterocycles. The predicted molar refractivity (Wildman–Crippen MR) is 191 cm³/mol. The molecular weight excluding hydrogens is 741 g/mol. The van der Waals surface area contributed by atoms with Crippen molar-refractivity contribution in [3.8, 4) is 0 Å². The molecule has 0 spiro atoms. The summed E-state index contributed by atoms with van der Waals surface area (Å²) in [6, 6.07) is 0.593. The number of ether oxygens (including phenoxy) is 3. The van der Waals surface area contributed by atoms with Gasteiger partial charge in [-0.15, -0.1) is 5.10 Å². The van der Waals surface area contributed by atoms with Gasteiger partial charge in [-0.1, -0.05) is 5.21 Å². The van der Waals surface area contributed by atoms with Crippen molar-refractivity contribution in [2.24, 2.45) is 0 Å². The van der Waals surface area contributed by atoms with Crippen LogP contribution in [-0.4, -0.2) is 170 Å². The first-order valence-electron chi connectivity index (χ1n) is 17.2. The molecule has 0 saturated carbocycles. The van der Waals surface area contributed by atoms with Crippen LogP contribution in [0, 0.1) is 0 Å². The first-order chi connectivity index (χ1) is 23.4. The first kappa shape index (κ1) is 44.4. The Morgan fingerprint density at radius 1 is 0.804 bits per heavy atom. The van der Waals surface area contributed by atoms with Crippen molar-refractivity contribution >= 4 is 39.7 Å². The van der Waals surface area contributed by atoms with Crippen LogP contribution in [0.25, 0.3) is 0 Å². The molecule has 0 aliphatic carbocycles. The fraction of sp³-hybridized carbons (Fsp3) is 0.897. The van der Waals surface area contributed by atoms with Gasteiger partial charge in [-0.3, -0.25) is 9.48 Å². The second kappa shape index (κ2) is 17.6. The number of hydrogen-bond donors (Lipinski definition) is 7. The lowest BCUT2D eigenvalue weighted by atomic mass is 9.96. The second-order valence-corrected chi connectivity index (χ2v) is 33.1. The van der Waals surface area contributed by atoms with Gasteiger partial charge in [-0.25, -0.2) is 0 Å². The van der Waals surface area contributed by atoms with E-state index in [1.165, 1.54) is 6.92 Å². The number of nitrogens with zero attached hydrogens (tertiary/aromatic N) is 4. The summed E-state index contributed by atoms with van der Waals surface area (Å²) in [5.41, 5.74) is 0.370. The van der Waals surface area contributed by atoms with E-state index in [-0.39, 0.29) is 6.54 Å². The third-order valence-electron chi connectivity index (χ3n) is 7.86. The Bertz CT molecular complexity index is 1220. The summed E-state index contributed by atoms with van der Waals surface area (Å²) in [5.74, 6) is -0.530. The molecule has 10 atom stereocenters. The molecule has 22 heteroatoms. The van der Waals surface area contributed by atoms with Gasteiger partial charge in [0.05, 0.1) is 26.0 Å². The van der Waals surface area contributed by atoms with Crippen LogP contribution in [0.2, 0.25) is 65.0 Å². The third kappa shape index (κ3) is 12.5. The fourth-order valence-electron chi connectivity index (χ4n) is 5.98. The Morgan fingerprint density at radius 2 is 1.35 bits per heavy atom. The van der Waals surface area contributed by atoms with Gasteiger partial charge in [-0.2, -0.15) is 0 Å². The summed E-state index contributed by atoms with van der Waals surface area (Å²) in [6.07, 6.45) is -13.7. The highest BCUT2D eigenvalue weighted by Crippen LogP contribution is 2.32. The molecule has 2 aliphatic heterocycles. The molecular formula is C29H60N4O14Si4. The lowest BCUT2D eigenvalue weighted by Crippen LogP contribution is -2.66. The maximum Gasteiger partial charge on any atom is 0.469 e. The van der Waals surface area contributed by atoms with Gasteiger partial charge in [0.2, 0.25) is 5.91 Å². The van der Waals surface area contributed by atoms with Gasteiger partial charge < -0.3 is 67.2 Å². The number of aliphatic hydroxyl groups is 7. The van der Waals surface area contributed by atoms with E-state index >= 15 is 0 Å². The van der Waals surface area contributed by atoms with Crippen molar-refractivity contribution < 1.29 is 67.1 Å². The lowest BCUT2D eigenvalue weighted by molar-refractivity contribution is -0.348. The average Bonchev–Trinajstić information content (AvgIpc) is 3.43. The number of aliphatic hydroxyl groups excluding tert-OH is 7. The van der Waals surface area contributed by atoms with Crippen LogP contribution < -0.4 is 0 Å². The minimum absolute atomic E-state index is 0.158. The third-order valence-corrected chi connectivity index (χ3v) is 19.9. The Morgan fingerprint density at radius 3 is 1.84 bits per heavy atom. The molecule has 3 heterocycles. The van der Waals surface area contributed by atoms with E-state index in [1.54, 1.807) is 10.9 Å². The summed E-state index contributed by atoms with van der Waals surface area (Å²) in [5, 5.41) is 80.9. The number of carbonyl (C=O) groups excluding carboxylic acids is 1. The number of hydrogen-bond acceptors (Lipinski definition) is 16. The van der Waals surface area contributed by atoms with E-state index in [4.69, 9.17) is 26.6 Å². The molecule has 0 radical (unpaired) electrons. The van der Waals surface area contributed by atoms with Gasteiger partial charge in [0.15, 0.2) is 37.5 Å². The summed E-state index contributed by atoms with van der Waals surface area (Å²) >= 11 is 0. The van der Waals surface area contributed by atoms with Crippen LogP contribution in [0.1, 0.15) is 19.0 Å². The molecule has 296 valence electrons. The molecule has 0 bridgehead atoms. The highest BCUT2D eigenvalue weighted by atomic mass is 28.5. The zero-order valence-electron chi connectivity index (χ0n) is 31.4. The summed E-state index contributed by atoms with van der Waals surface area (Å²) in [7, 11) is -9.19. The van der Waals surface area contributed by atoms with Crippen molar-refractivity contribution in [2.75, 3.05) is 13.2 Å². The smallest absolute Gasteiger partial charge is 0.417 e. The Hall–Kier alpha value is -1.04. The number of rotatable bonds is 17. The van der Waals surface area contributed by atoms with Crippen molar-refractivity contribution in [3.05, 3.63) is 11.9 Å². The quantitative estimate of drug-likeness (QED) is 0.0947. The number of carbonyl (C=O) groups is 1. The largest absolute Gasteiger partial charge is 0.469 e. The number of aromatic nitrogens is 3. The van der Waals surface area contributed by atoms with E-state index in [0.717, 1.165) is 4.90 Å². The van der Waals surface area contributed by atoms with Crippen LogP contribution in [0.4, 0.5) is 0 Å². The highest BCUT2D eigenvalue weighted by Gasteiger charge is 2.52. The summed E-state index contributed by atoms with van der Waals surface area (Å²) < 4.78 is 38.8. The van der Waals surface area contributed by atoms with Crippen LogP contribution in [0.5, 0.6) is 0 Å². The number of amides is 1. The SMILES string of the molecule is CC(=O)N(Cc1cn(CCC[Si](O[Si](C)(C)C)(O[Si](C)(C)C)O[Si](C)(C)C)nn1)C1OC(CO)C(OC2OC(CO)C(O)C(O)C2O)C(O)C1O. The van der Waals surface area contributed by atoms with Crippen molar-refractivity contribution in [1.82, 2.24) is 19.9 Å². The fourth-order valence-corrected chi connectivity index (χ4v) is 20.6. The maximum absolute atomic E-state index is 12.9. The predicted octanol–water partition coefficient (Wildman–Crippen LogP) is -0.866. The second-order valence-electron chi connectivity index (χ2n) is 16.1. The zero-order valence-corrected chi connectivity index (χ0v) is 35.4. The van der Waals surface area contributed by atoms with Crippen molar-refractivity contribution in [3.63, 3.8) is 0 Å². The summed E-state index contributed by atoms with van der Waals surface area (Å²) in [4.78, 5) is 14.0. The number of aryl methyl sites for hydroxylation is 1. The van der Waals surface area contributed by atoms with E-state index < -0.39 is 114 Å². The van der Waals surface area contributed by atoms with Gasteiger partial charge in [0.25, 0.3) is 0 Å². The highest BCUT2D eigenvalue weighted by molar-refractivity contribution is 6.90. The molecule has 7 N–H and O–H groups in total. The van der Waals surface area contributed by atoms with E-state index in [1.807, 2.05) is 0 Å². The van der Waals surface area contributed by atoms with Gasteiger partial charge in [0.1, 0.15) is 54.5 Å². The van der Waals surface area contributed by atoms with Gasteiger partial charge in [0, 0.05) is 19.5 Å². The Kier molecular flexibility index (Phi) is 15.3. The molecule has 51 heavy (non-hydrogen) atoms. The summed E-state index contributed by atoms with van der Waals surface area (Å²) in [6.45, 7) is 19.3. The molecule has 2 saturated heterocycles. The minimum atomic E-state index is -3.06. The normalized spacial score (nSPS) is 31.2. The molecule has 18 nitrogen and oxygen atoms in total. The first-order valence-corrected chi connectivity index (χ1v) is 29.4. The average molecular weight is 801 g/mol. The molecule has 10 unspecified atom stereocenters. The lowest BCUT2D eigenvalue weighted by Gasteiger charge is -2.48. The van der Waals surface area contributed by atoms with Gasteiger partial charge >= 0.3 is 8.80 Å². The van der Waals surface area contributed by atoms with Crippen LogP contribution in [0.15, 0.2) is 6.20 Å². The van der Waals surface area contributed by atoms with Crippen LogP contribution >= 0.6 is 0 Å². The topological polar surface area (TPSA) is 248 Å². The Balaban J connectivity index is 1.72. The molecule has 1 aromatic rings. The van der Waals surface area contributed by atoms with Gasteiger partial charge in [-0.05, 0) is 65.3 Å². The maximum atomic E-state index is 12.9. The zero-order chi connectivity index (χ0) is 38.7. The standard InChI is InChI=1S/C29H60N4O14Si4/c1-18(36)33(28-25(40)24(39)27(21(17-35)42-28)44-29-26(41)23(38)22(37)20(16-34)43-29)15-19-14-32(31-30-19)12-11-13-51(45-48(2,3)4,46-49(5,6)7)47-50(8,9)10/h14,20-29,34-35,37-41H,11-13,15-17H2,1-10H3. The molecule has 0 aromatic carbocycles. The van der Waals surface area contributed by atoms with Crippen molar-refractivity contribution in [2.45, 2.75) is 153 Å². The van der Waals surface area contributed by atoms with E-state index in [9.17, 15) is 40.5 Å². The monoisotopic (exact) mass is 800 g/mol.